The van der Waals surface area contributed by atoms with Gasteiger partial charge in [0.05, 0.1) is 42.6 Å². The van der Waals surface area contributed by atoms with E-state index in [0.717, 1.165) is 67.6 Å². The number of hydrogen-bond acceptors (Lipinski definition) is 10. The summed E-state index contributed by atoms with van der Waals surface area (Å²) in [6.07, 6.45) is 4.82. The van der Waals surface area contributed by atoms with Crippen LogP contribution in [-0.2, 0) is 52.8 Å². The number of hydrazine groups is 1. The third-order valence-corrected chi connectivity index (χ3v) is 13.1. The summed E-state index contributed by atoms with van der Waals surface area (Å²) >= 11 is 0. The number of aryl methyl sites for hydroxylation is 1. The zero-order chi connectivity index (χ0) is 49.7. The Morgan fingerprint density at radius 2 is 1.82 bits per heavy atom. The first-order valence-corrected chi connectivity index (χ1v) is 23.4. The third-order valence-electron chi connectivity index (χ3n) is 13.1. The highest BCUT2D eigenvalue weighted by Gasteiger charge is 2.49. The first kappa shape index (κ1) is 51.5. The molecule has 0 radical (unpaired) electrons. The van der Waals surface area contributed by atoms with E-state index in [1.807, 2.05) is 64.2 Å². The molecule has 0 aliphatic carbocycles. The van der Waals surface area contributed by atoms with Gasteiger partial charge in [0.1, 0.15) is 18.4 Å². The molecule has 6 bridgehead atoms. The fraction of sp³-hybridized carbons (Fsp3) is 0.500. The highest BCUT2D eigenvalue weighted by Crippen LogP contribution is 2.42. The largest absolute Gasteiger partial charge is 0.464 e. The molecule has 0 spiro atoms. The molecule has 0 saturated carbocycles. The van der Waals surface area contributed by atoms with Crippen LogP contribution < -0.4 is 10.7 Å². The molecule has 4 aromatic rings. The van der Waals surface area contributed by atoms with E-state index in [-0.39, 0.29) is 49.7 Å². The summed E-state index contributed by atoms with van der Waals surface area (Å²) in [5, 5.41) is 5.73. The van der Waals surface area contributed by atoms with Crippen molar-refractivity contribution in [1.29, 1.82) is 0 Å². The molecule has 5 heterocycles. The average molecular weight is 940 g/mol. The van der Waals surface area contributed by atoms with Crippen LogP contribution in [0.5, 0.6) is 0 Å². The summed E-state index contributed by atoms with van der Waals surface area (Å²) in [5.41, 5.74) is 10.9. The quantitative estimate of drug-likeness (QED) is 0.0987. The first-order valence-electron chi connectivity index (χ1n) is 23.4. The van der Waals surface area contributed by atoms with Crippen LogP contribution in [0.2, 0.25) is 0 Å². The summed E-state index contributed by atoms with van der Waals surface area (Å²) in [6.45, 7) is 16.0. The monoisotopic (exact) mass is 940 g/mol. The molecule has 14 nitrogen and oxygen atoms in total. The van der Waals surface area contributed by atoms with Crippen LogP contribution in [-0.4, -0.2) is 126 Å². The second-order valence-corrected chi connectivity index (χ2v) is 19.4. The fourth-order valence-corrected chi connectivity index (χ4v) is 9.62. The number of likely N-dealkylation sites (tertiary alicyclic amines) is 1. The van der Waals surface area contributed by atoms with Gasteiger partial charge in [0.25, 0.3) is 11.8 Å². The van der Waals surface area contributed by atoms with Crippen LogP contribution in [0.4, 0.5) is 8.78 Å². The minimum atomic E-state index is -3.10. The molecule has 3 aliphatic rings. The van der Waals surface area contributed by atoms with E-state index in [2.05, 4.69) is 79.1 Å². The zero-order valence-electron chi connectivity index (χ0n) is 40.8. The van der Waals surface area contributed by atoms with E-state index in [9.17, 15) is 32.8 Å². The van der Waals surface area contributed by atoms with Crippen LogP contribution >= 0.6 is 0 Å². The summed E-state index contributed by atoms with van der Waals surface area (Å²) < 4.78 is 40.0. The number of alkyl halides is 2. The van der Waals surface area contributed by atoms with Crippen molar-refractivity contribution >= 4 is 40.9 Å². The Labute approximate surface area is 398 Å². The second kappa shape index (κ2) is 21.6. The van der Waals surface area contributed by atoms with Crippen LogP contribution in [0.1, 0.15) is 77.3 Å². The number of aromatic nitrogens is 2. The van der Waals surface area contributed by atoms with Crippen molar-refractivity contribution in [1.82, 2.24) is 35.1 Å². The van der Waals surface area contributed by atoms with Crippen LogP contribution in [0.15, 0.2) is 73.4 Å². The maximum atomic E-state index is 14.3. The van der Waals surface area contributed by atoms with Gasteiger partial charge in [0.15, 0.2) is 0 Å². The summed E-state index contributed by atoms with van der Waals surface area (Å²) in [7, 11) is 5.45. The first-order chi connectivity index (χ1) is 32.2. The highest BCUT2D eigenvalue weighted by atomic mass is 19.3. The van der Waals surface area contributed by atoms with Gasteiger partial charge in [0, 0.05) is 61.2 Å². The van der Waals surface area contributed by atoms with Crippen LogP contribution in [0, 0.1) is 17.3 Å². The van der Waals surface area contributed by atoms with E-state index >= 15 is 0 Å². The number of methoxy groups -OCH3 is 1. The van der Waals surface area contributed by atoms with E-state index in [1.165, 1.54) is 5.01 Å². The molecule has 2 N–H and O–H groups in total. The van der Waals surface area contributed by atoms with Crippen molar-refractivity contribution in [3.8, 4) is 22.4 Å². The number of pyridine rings is 1. The number of benzene rings is 2. The molecule has 2 aromatic carbocycles. The van der Waals surface area contributed by atoms with Crippen molar-refractivity contribution in [3.05, 3.63) is 90.3 Å². The molecule has 5 atom stereocenters. The van der Waals surface area contributed by atoms with Gasteiger partial charge in [-0.25, -0.2) is 14.2 Å². The predicted molar refractivity (Wildman–Crippen MR) is 257 cm³/mol. The Morgan fingerprint density at radius 3 is 2.47 bits per heavy atom. The molecule has 2 aromatic heterocycles. The van der Waals surface area contributed by atoms with Gasteiger partial charge < -0.3 is 29.1 Å². The fourth-order valence-electron chi connectivity index (χ4n) is 9.62. The van der Waals surface area contributed by atoms with E-state index in [1.54, 1.807) is 7.11 Å². The van der Waals surface area contributed by atoms with Gasteiger partial charge >= 0.3 is 5.97 Å². The normalized spacial score (nSPS) is 21.3. The number of nitrogens with zero attached hydrogens (tertiary/aromatic N) is 5. The predicted octanol–water partition coefficient (Wildman–Crippen LogP) is 6.80. The Kier molecular flexibility index (Phi) is 16.4. The molecule has 3 aliphatic heterocycles. The topological polar surface area (TPSA) is 155 Å². The number of esters is 1. The van der Waals surface area contributed by atoms with Gasteiger partial charge in [-0.3, -0.25) is 34.1 Å². The Balaban J connectivity index is 0.000000506. The van der Waals surface area contributed by atoms with Gasteiger partial charge in [-0.15, -0.1) is 0 Å². The van der Waals surface area contributed by atoms with Gasteiger partial charge in [-0.2, -0.15) is 0 Å². The van der Waals surface area contributed by atoms with Crippen molar-refractivity contribution in [2.45, 2.75) is 104 Å². The lowest BCUT2D eigenvalue weighted by atomic mass is 9.84. The number of rotatable bonds is 10. The number of amides is 3. The number of ether oxygens (including phenoxy) is 2. The number of hydrogen-bond donors (Lipinski definition) is 2. The highest BCUT2D eigenvalue weighted by molar-refractivity contribution is 5.96. The summed E-state index contributed by atoms with van der Waals surface area (Å²) in [6, 6.07) is 17.0. The molecular weight excluding hydrogens is 873 g/mol. The van der Waals surface area contributed by atoms with Crippen molar-refractivity contribution in [3.63, 3.8) is 0 Å². The molecule has 366 valence electrons. The van der Waals surface area contributed by atoms with Crippen molar-refractivity contribution < 1.29 is 42.2 Å². The molecular formula is C52H67F2N7O7. The smallest absolute Gasteiger partial charge is 0.324 e. The minimum absolute atomic E-state index is 0.0279. The van der Waals surface area contributed by atoms with E-state index < -0.39 is 53.8 Å². The Hall–Kier alpha value is -5.84. The Morgan fingerprint density at radius 1 is 1.09 bits per heavy atom. The van der Waals surface area contributed by atoms with E-state index in [4.69, 9.17) is 14.5 Å². The maximum Gasteiger partial charge on any atom is 0.324 e. The maximum absolute atomic E-state index is 14.3. The minimum Gasteiger partial charge on any atom is -0.464 e. The number of cyclic esters (lactones) is 1. The summed E-state index contributed by atoms with van der Waals surface area (Å²) in [5.74, 6) is -5.90. The van der Waals surface area contributed by atoms with Gasteiger partial charge in [-0.1, -0.05) is 64.6 Å². The number of carbonyl (C=O) groups is 5. The average Bonchev–Trinajstić information content (AvgIpc) is 3.80. The molecule has 7 rings (SSSR count). The van der Waals surface area contributed by atoms with Gasteiger partial charge in [-0.05, 0) is 106 Å². The van der Waals surface area contributed by atoms with E-state index in [0.29, 0.717) is 25.8 Å². The molecule has 68 heavy (non-hydrogen) atoms. The summed E-state index contributed by atoms with van der Waals surface area (Å²) in [4.78, 5) is 70.6. The second-order valence-electron chi connectivity index (χ2n) is 19.4. The standard InChI is InChI=1S/C44H58N6O5.C8H9F2NO2/c1-10-49-37-19-18-31-24-33(37)34(40(49)32-16-12-20-45-38(32)28(4)54-9)25-44(5,6)26-55-43(53)35-17-13-21-50(47-35)42(52)36(23-29-14-11-15-30(31)22-29)46-41(51)39(27(2)3)48(7)8;1-2-7(13)11-3-6(4-12)8(9,10)5-11/h11-12,14-16,18-20,22,24,27-28,35-36,39,47H,10,13,17,21,23,25-26H2,1-9H3,(H,46,51);2,4,6H,1,3,5H2/t28?,35-,36?,39?;/m0./s1. The zero-order valence-corrected chi connectivity index (χ0v) is 40.8. The lowest BCUT2D eigenvalue weighted by Crippen LogP contribution is -2.61. The molecule has 2 saturated heterocycles. The molecule has 2 fully saturated rings. The van der Waals surface area contributed by atoms with Crippen LogP contribution in [0.3, 0.4) is 0 Å². The lowest BCUT2D eigenvalue weighted by molar-refractivity contribution is -0.155. The molecule has 16 heteroatoms. The van der Waals surface area contributed by atoms with Crippen LogP contribution in [0.25, 0.3) is 33.3 Å². The van der Waals surface area contributed by atoms with Crippen molar-refractivity contribution in [2.75, 3.05) is 47.4 Å². The number of halogens is 2. The Bertz CT molecular complexity index is 2500. The molecule has 4 unspecified atom stereocenters. The lowest BCUT2D eigenvalue weighted by Gasteiger charge is -2.36. The molecule has 3 amide bonds. The SMILES string of the molecule is C=CC(=O)N1CC(C=O)C(F)(F)C1.CCn1c(-c2cccnc2C(C)OC)c2c3cc(ccc31)-c1cccc(c1)CC(NC(=O)C(C(C)C)N(C)C)C(=O)N1CCC[C@H](N1)C(=O)OCC(C)(C)C2. The number of nitrogens with one attached hydrogen (secondary N) is 2. The number of carbonyl (C=O) groups excluding carboxylic acids is 5. The third kappa shape index (κ3) is 11.4. The number of aldehydes is 1. The number of likely N-dealkylation sites (N-methyl/N-ethyl adjacent to an activating group) is 1. The van der Waals surface area contributed by atoms with Crippen molar-refractivity contribution in [2.24, 2.45) is 17.3 Å². The number of fused-ring (bicyclic) bond motifs is 6. The van der Waals surface area contributed by atoms with Gasteiger partial charge in [0.2, 0.25) is 11.8 Å².